The maximum atomic E-state index is 11.4. The zero-order valence-corrected chi connectivity index (χ0v) is 10.0. The fourth-order valence-corrected chi connectivity index (χ4v) is 1.88. The number of amidine groups is 1. The van der Waals surface area contributed by atoms with Crippen molar-refractivity contribution in [3.05, 3.63) is 11.3 Å². The monoisotopic (exact) mass is 260 g/mol. The van der Waals surface area contributed by atoms with E-state index in [9.17, 15) is 4.79 Å². The fraction of sp³-hybridized carbons (Fsp3) is 0.556. The van der Waals surface area contributed by atoms with Gasteiger partial charge in [0.1, 0.15) is 0 Å². The molecule has 1 rings (SSSR count). The lowest BCUT2D eigenvalue weighted by Gasteiger charge is -2.22. The molecule has 14 heavy (non-hydrogen) atoms. The number of alkyl halides is 1. The first kappa shape index (κ1) is 11.2. The van der Waals surface area contributed by atoms with E-state index in [2.05, 4.69) is 26.2 Å². The third kappa shape index (κ3) is 2.15. The summed E-state index contributed by atoms with van der Waals surface area (Å²) in [5, 5.41) is 3.64. The lowest BCUT2D eigenvalue weighted by Crippen LogP contribution is -2.34. The van der Waals surface area contributed by atoms with Crippen LogP contribution in [0.3, 0.4) is 0 Å². The fourth-order valence-electron chi connectivity index (χ4n) is 1.43. The van der Waals surface area contributed by atoms with Crippen LogP contribution in [0.1, 0.15) is 13.8 Å². The number of carbonyl (C=O) groups is 1. The van der Waals surface area contributed by atoms with Crippen molar-refractivity contribution in [1.29, 1.82) is 0 Å². The van der Waals surface area contributed by atoms with E-state index >= 15 is 0 Å². The van der Waals surface area contributed by atoms with Crippen LogP contribution in [0, 0.1) is 0 Å². The number of rotatable bonds is 2. The molecule has 5 heteroatoms. The number of allylic oxidation sites excluding steroid dienone is 1. The van der Waals surface area contributed by atoms with E-state index in [0.717, 1.165) is 11.5 Å². The molecule has 0 saturated carbocycles. The number of esters is 1. The Balaban J connectivity index is 3.02. The van der Waals surface area contributed by atoms with Gasteiger partial charge in [0, 0.05) is 11.0 Å². The zero-order chi connectivity index (χ0) is 10.7. The molecule has 0 spiro atoms. The van der Waals surface area contributed by atoms with Crippen molar-refractivity contribution in [2.45, 2.75) is 19.9 Å². The molecule has 1 aliphatic heterocycles. The van der Waals surface area contributed by atoms with Crippen LogP contribution in [0.15, 0.2) is 16.3 Å². The van der Waals surface area contributed by atoms with Crippen LogP contribution in [0.2, 0.25) is 0 Å². The summed E-state index contributed by atoms with van der Waals surface area (Å²) in [6.45, 7) is 3.74. The highest BCUT2D eigenvalue weighted by Crippen LogP contribution is 2.18. The highest BCUT2D eigenvalue weighted by atomic mass is 79.9. The number of carbonyl (C=O) groups excluding carboxylic acids is 1. The highest BCUT2D eigenvalue weighted by molar-refractivity contribution is 9.09. The first-order valence-corrected chi connectivity index (χ1v) is 5.41. The van der Waals surface area contributed by atoms with Crippen LogP contribution in [0.4, 0.5) is 0 Å². The maximum Gasteiger partial charge on any atom is 0.337 e. The van der Waals surface area contributed by atoms with Crippen LogP contribution < -0.4 is 5.32 Å². The minimum atomic E-state index is -0.323. The summed E-state index contributed by atoms with van der Waals surface area (Å²) in [6.07, 6.45) is 0. The van der Waals surface area contributed by atoms with Gasteiger partial charge in [-0.05, 0) is 13.8 Å². The van der Waals surface area contributed by atoms with Gasteiger partial charge in [0.15, 0.2) is 0 Å². The third-order valence-corrected chi connectivity index (χ3v) is 2.56. The van der Waals surface area contributed by atoms with Gasteiger partial charge in [-0.3, -0.25) is 4.99 Å². The SMILES string of the molecule is COC(=O)C1=C(CBr)NC(C)=NC1C. The standard InChI is InChI=1S/C9H13BrN2O2/c1-5-8(9(13)14-3)7(4-10)12-6(2)11-5/h5H,4H2,1-3H3,(H,11,12). The Hall–Kier alpha value is -0.840. The Labute approximate surface area is 91.6 Å². The number of halogens is 1. The van der Waals surface area contributed by atoms with E-state index < -0.39 is 0 Å². The number of hydrogen-bond acceptors (Lipinski definition) is 4. The molecular formula is C9H13BrN2O2. The molecule has 1 aliphatic rings. The number of aliphatic imine (C=N–C) groups is 1. The van der Waals surface area contributed by atoms with Gasteiger partial charge in [-0.25, -0.2) is 4.79 Å². The van der Waals surface area contributed by atoms with Crippen molar-refractivity contribution in [2.75, 3.05) is 12.4 Å². The lowest BCUT2D eigenvalue weighted by molar-refractivity contribution is -0.136. The Morgan fingerprint density at radius 1 is 1.71 bits per heavy atom. The van der Waals surface area contributed by atoms with Gasteiger partial charge in [-0.15, -0.1) is 0 Å². The number of nitrogens with one attached hydrogen (secondary N) is 1. The predicted octanol–water partition coefficient (Wildman–Crippen LogP) is 1.22. The smallest absolute Gasteiger partial charge is 0.337 e. The summed E-state index contributed by atoms with van der Waals surface area (Å²) < 4.78 is 4.70. The average molecular weight is 261 g/mol. The van der Waals surface area contributed by atoms with Crippen molar-refractivity contribution in [2.24, 2.45) is 4.99 Å². The van der Waals surface area contributed by atoms with E-state index in [-0.39, 0.29) is 12.0 Å². The first-order valence-electron chi connectivity index (χ1n) is 4.29. The molecule has 1 unspecified atom stereocenters. The summed E-state index contributed by atoms with van der Waals surface area (Å²) in [5.74, 6) is 0.496. The molecule has 1 N–H and O–H groups in total. The number of ether oxygens (including phenoxy) is 1. The molecule has 78 valence electrons. The van der Waals surface area contributed by atoms with Gasteiger partial charge < -0.3 is 10.1 Å². The molecule has 0 saturated heterocycles. The van der Waals surface area contributed by atoms with Crippen molar-refractivity contribution >= 4 is 27.7 Å². The maximum absolute atomic E-state index is 11.4. The molecule has 0 fully saturated rings. The third-order valence-electron chi connectivity index (χ3n) is 2.00. The minimum absolute atomic E-state index is 0.142. The van der Waals surface area contributed by atoms with E-state index in [4.69, 9.17) is 4.74 Å². The normalized spacial score (nSPS) is 21.4. The van der Waals surface area contributed by atoms with E-state index in [1.807, 2.05) is 13.8 Å². The molecule has 1 atom stereocenters. The molecule has 0 aromatic heterocycles. The van der Waals surface area contributed by atoms with E-state index in [1.165, 1.54) is 7.11 Å². The van der Waals surface area contributed by atoms with Gasteiger partial charge in [-0.2, -0.15) is 0 Å². The van der Waals surface area contributed by atoms with Crippen molar-refractivity contribution in [3.63, 3.8) is 0 Å². The quantitative estimate of drug-likeness (QED) is 0.600. The van der Waals surface area contributed by atoms with Gasteiger partial charge in [-0.1, -0.05) is 15.9 Å². The minimum Gasteiger partial charge on any atom is -0.466 e. The second-order valence-electron chi connectivity index (χ2n) is 3.03. The van der Waals surface area contributed by atoms with Crippen molar-refractivity contribution in [3.8, 4) is 0 Å². The van der Waals surface area contributed by atoms with Crippen LogP contribution in [0.25, 0.3) is 0 Å². The van der Waals surface area contributed by atoms with Gasteiger partial charge in [0.25, 0.3) is 0 Å². The Bertz CT molecular complexity index is 310. The van der Waals surface area contributed by atoms with Crippen LogP contribution in [0.5, 0.6) is 0 Å². The second kappa shape index (κ2) is 4.59. The summed E-state index contributed by atoms with van der Waals surface area (Å²) in [4.78, 5) is 15.7. The molecule has 0 aliphatic carbocycles. The number of hydrogen-bond donors (Lipinski definition) is 1. The number of methoxy groups -OCH3 is 1. The van der Waals surface area contributed by atoms with E-state index in [0.29, 0.717) is 10.9 Å². The lowest BCUT2D eigenvalue weighted by atomic mass is 10.1. The molecule has 0 radical (unpaired) electrons. The van der Waals surface area contributed by atoms with Crippen LogP contribution in [-0.2, 0) is 9.53 Å². The van der Waals surface area contributed by atoms with Crippen LogP contribution >= 0.6 is 15.9 Å². The summed E-state index contributed by atoms with van der Waals surface area (Å²) in [5.41, 5.74) is 1.42. The number of nitrogens with zero attached hydrogens (tertiary/aromatic N) is 1. The zero-order valence-electron chi connectivity index (χ0n) is 8.43. The Kier molecular flexibility index (Phi) is 3.69. The van der Waals surface area contributed by atoms with Gasteiger partial charge in [0.05, 0.1) is 24.6 Å². The Morgan fingerprint density at radius 3 is 2.86 bits per heavy atom. The summed E-state index contributed by atoms with van der Waals surface area (Å²) in [7, 11) is 1.37. The molecule has 0 bridgehead atoms. The average Bonchev–Trinajstić information content (AvgIpc) is 2.15. The first-order chi connectivity index (χ1) is 6.60. The summed E-state index contributed by atoms with van der Waals surface area (Å²) >= 11 is 3.32. The molecule has 0 amide bonds. The highest BCUT2D eigenvalue weighted by Gasteiger charge is 2.25. The van der Waals surface area contributed by atoms with Crippen LogP contribution in [-0.4, -0.2) is 30.3 Å². The van der Waals surface area contributed by atoms with Crippen molar-refractivity contribution in [1.82, 2.24) is 5.32 Å². The molecule has 0 aromatic rings. The topological polar surface area (TPSA) is 50.7 Å². The predicted molar refractivity (Wildman–Crippen MR) is 58.5 cm³/mol. The second-order valence-corrected chi connectivity index (χ2v) is 3.59. The van der Waals surface area contributed by atoms with Gasteiger partial charge in [0.2, 0.25) is 0 Å². The molecular weight excluding hydrogens is 248 g/mol. The van der Waals surface area contributed by atoms with Crippen molar-refractivity contribution < 1.29 is 9.53 Å². The molecule has 0 aromatic carbocycles. The summed E-state index contributed by atoms with van der Waals surface area (Å²) in [6, 6.07) is -0.142. The largest absolute Gasteiger partial charge is 0.466 e. The van der Waals surface area contributed by atoms with E-state index in [1.54, 1.807) is 0 Å². The Morgan fingerprint density at radius 2 is 2.36 bits per heavy atom. The van der Waals surface area contributed by atoms with Gasteiger partial charge >= 0.3 is 5.97 Å². The molecule has 4 nitrogen and oxygen atoms in total. The molecule has 1 heterocycles.